The Hall–Kier alpha value is -0.870. The van der Waals surface area contributed by atoms with Crippen LogP contribution in [0.5, 0.6) is 0 Å². The van der Waals surface area contributed by atoms with Crippen LogP contribution in [0.1, 0.15) is 50.3 Å². The molecule has 1 aromatic heterocycles. The third-order valence-corrected chi connectivity index (χ3v) is 4.03. The fraction of sp³-hybridized carbons (Fsp3) is 0.800. The van der Waals surface area contributed by atoms with Crippen LogP contribution in [0.4, 0.5) is 0 Å². The molecular formula is C15H28N4. The van der Waals surface area contributed by atoms with Gasteiger partial charge in [0.25, 0.3) is 0 Å². The topological polar surface area (TPSA) is 47.1 Å². The Balaban J connectivity index is 1.82. The molecule has 1 aliphatic carbocycles. The summed E-state index contributed by atoms with van der Waals surface area (Å²) in [4.78, 5) is 2.18. The van der Waals surface area contributed by atoms with Crippen molar-refractivity contribution in [1.82, 2.24) is 14.7 Å². The maximum atomic E-state index is 6.17. The molecule has 4 heteroatoms. The van der Waals surface area contributed by atoms with E-state index in [-0.39, 0.29) is 6.04 Å². The number of hydrogen-bond donors (Lipinski definition) is 1. The van der Waals surface area contributed by atoms with Crippen molar-refractivity contribution < 1.29 is 0 Å². The molecule has 0 aromatic carbocycles. The maximum Gasteiger partial charge on any atom is 0.0640 e. The zero-order chi connectivity index (χ0) is 13.7. The summed E-state index contributed by atoms with van der Waals surface area (Å²) in [5.41, 5.74) is 7.32. The molecule has 4 nitrogen and oxygen atoms in total. The average molecular weight is 264 g/mol. The van der Waals surface area contributed by atoms with Crippen molar-refractivity contribution in [3.63, 3.8) is 0 Å². The lowest BCUT2D eigenvalue weighted by Gasteiger charge is -2.21. The van der Waals surface area contributed by atoms with E-state index in [9.17, 15) is 0 Å². The number of rotatable bonds is 6. The predicted octanol–water partition coefficient (Wildman–Crippen LogP) is 2.21. The summed E-state index contributed by atoms with van der Waals surface area (Å²) >= 11 is 0. The molecule has 0 spiro atoms. The summed E-state index contributed by atoms with van der Waals surface area (Å²) in [6.07, 6.45) is 10.7. The van der Waals surface area contributed by atoms with E-state index in [0.717, 1.165) is 25.1 Å². The van der Waals surface area contributed by atoms with E-state index in [4.69, 9.17) is 10.8 Å². The van der Waals surface area contributed by atoms with Gasteiger partial charge in [-0.1, -0.05) is 19.3 Å². The third-order valence-electron chi connectivity index (χ3n) is 4.03. The lowest BCUT2D eigenvalue weighted by atomic mass is 9.96. The highest BCUT2D eigenvalue weighted by Gasteiger charge is 2.16. The van der Waals surface area contributed by atoms with E-state index in [1.165, 1.54) is 32.1 Å². The lowest BCUT2D eigenvalue weighted by molar-refractivity contribution is 0.327. The molecule has 1 unspecified atom stereocenters. The quantitative estimate of drug-likeness (QED) is 0.857. The zero-order valence-corrected chi connectivity index (χ0v) is 12.4. The van der Waals surface area contributed by atoms with Crippen LogP contribution in [0.25, 0.3) is 0 Å². The van der Waals surface area contributed by atoms with Gasteiger partial charge in [0.05, 0.1) is 11.7 Å². The normalized spacial score (nSPS) is 18.9. The van der Waals surface area contributed by atoms with E-state index in [0.29, 0.717) is 6.04 Å². The Kier molecular flexibility index (Phi) is 5.40. The molecule has 0 amide bonds. The molecule has 19 heavy (non-hydrogen) atoms. The second kappa shape index (κ2) is 7.06. The zero-order valence-electron chi connectivity index (χ0n) is 12.4. The van der Waals surface area contributed by atoms with Crippen LogP contribution in [0.3, 0.4) is 0 Å². The minimum atomic E-state index is 0.220. The van der Waals surface area contributed by atoms with Gasteiger partial charge in [-0.25, -0.2) is 0 Å². The van der Waals surface area contributed by atoms with Gasteiger partial charge in [0, 0.05) is 18.7 Å². The minimum Gasteiger partial charge on any atom is -0.327 e. The second-order valence-electron chi connectivity index (χ2n) is 6.14. The van der Waals surface area contributed by atoms with Crippen molar-refractivity contribution in [3.05, 3.63) is 18.0 Å². The van der Waals surface area contributed by atoms with Crippen LogP contribution in [0, 0.1) is 0 Å². The van der Waals surface area contributed by atoms with Crippen molar-refractivity contribution in [2.75, 3.05) is 20.6 Å². The second-order valence-corrected chi connectivity index (χ2v) is 6.14. The average Bonchev–Trinajstić information content (AvgIpc) is 2.86. The maximum absolute atomic E-state index is 6.17. The molecule has 0 aliphatic heterocycles. The summed E-state index contributed by atoms with van der Waals surface area (Å²) in [5.74, 6) is 0. The van der Waals surface area contributed by atoms with Gasteiger partial charge in [-0.05, 0) is 46.0 Å². The first-order valence-electron chi connectivity index (χ1n) is 7.59. The lowest BCUT2D eigenvalue weighted by Crippen LogP contribution is -2.28. The van der Waals surface area contributed by atoms with Gasteiger partial charge in [-0.3, -0.25) is 4.68 Å². The highest BCUT2D eigenvalue weighted by Crippen LogP contribution is 2.27. The minimum absolute atomic E-state index is 0.220. The molecule has 2 rings (SSSR count). The Morgan fingerprint density at radius 3 is 2.79 bits per heavy atom. The first-order valence-corrected chi connectivity index (χ1v) is 7.59. The van der Waals surface area contributed by atoms with Crippen LogP contribution in [-0.4, -0.2) is 41.4 Å². The SMILES string of the molecule is CN(C)CCC(N)Cc1ccn(C2CCCCC2)n1. The summed E-state index contributed by atoms with van der Waals surface area (Å²) in [6, 6.07) is 2.99. The van der Waals surface area contributed by atoms with Gasteiger partial charge >= 0.3 is 0 Å². The Labute approximate surface area is 117 Å². The monoisotopic (exact) mass is 264 g/mol. The number of aromatic nitrogens is 2. The molecule has 2 N–H and O–H groups in total. The van der Waals surface area contributed by atoms with E-state index in [2.05, 4.69) is 35.9 Å². The Morgan fingerprint density at radius 1 is 1.37 bits per heavy atom. The molecule has 0 radical (unpaired) electrons. The molecule has 0 saturated heterocycles. The van der Waals surface area contributed by atoms with E-state index in [1.54, 1.807) is 0 Å². The standard InChI is InChI=1S/C15H28N4/c1-18(2)10-8-13(16)12-14-9-11-19(17-14)15-6-4-3-5-7-15/h9,11,13,15H,3-8,10,12,16H2,1-2H3. The smallest absolute Gasteiger partial charge is 0.0640 e. The van der Waals surface area contributed by atoms with Gasteiger partial charge in [-0.2, -0.15) is 5.10 Å². The number of nitrogens with zero attached hydrogens (tertiary/aromatic N) is 3. The van der Waals surface area contributed by atoms with Crippen LogP contribution < -0.4 is 5.73 Å². The van der Waals surface area contributed by atoms with Gasteiger partial charge in [-0.15, -0.1) is 0 Å². The summed E-state index contributed by atoms with van der Waals surface area (Å²) in [7, 11) is 4.18. The van der Waals surface area contributed by atoms with Gasteiger partial charge in [0.2, 0.25) is 0 Å². The predicted molar refractivity (Wildman–Crippen MR) is 79.2 cm³/mol. The summed E-state index contributed by atoms with van der Waals surface area (Å²) < 4.78 is 2.17. The molecule has 1 aliphatic rings. The third kappa shape index (κ3) is 4.62. The molecule has 1 aromatic rings. The first-order chi connectivity index (χ1) is 9.15. The van der Waals surface area contributed by atoms with Crippen LogP contribution in [0.2, 0.25) is 0 Å². The molecule has 1 fully saturated rings. The molecular weight excluding hydrogens is 236 g/mol. The molecule has 0 bridgehead atoms. The number of nitrogens with two attached hydrogens (primary N) is 1. The van der Waals surface area contributed by atoms with E-state index >= 15 is 0 Å². The van der Waals surface area contributed by atoms with Gasteiger partial charge in [0.1, 0.15) is 0 Å². The van der Waals surface area contributed by atoms with Crippen molar-refractivity contribution >= 4 is 0 Å². The van der Waals surface area contributed by atoms with Gasteiger partial charge in [0.15, 0.2) is 0 Å². The molecule has 1 atom stereocenters. The van der Waals surface area contributed by atoms with Crippen molar-refractivity contribution in [2.24, 2.45) is 5.73 Å². The highest BCUT2D eigenvalue weighted by atomic mass is 15.3. The largest absolute Gasteiger partial charge is 0.327 e. The highest BCUT2D eigenvalue weighted by molar-refractivity contribution is 5.02. The van der Waals surface area contributed by atoms with Gasteiger partial charge < -0.3 is 10.6 Å². The van der Waals surface area contributed by atoms with Crippen molar-refractivity contribution in [3.8, 4) is 0 Å². The fourth-order valence-electron chi connectivity index (χ4n) is 2.83. The molecule has 1 saturated carbocycles. The van der Waals surface area contributed by atoms with Crippen molar-refractivity contribution in [1.29, 1.82) is 0 Å². The fourth-order valence-corrected chi connectivity index (χ4v) is 2.83. The van der Waals surface area contributed by atoms with E-state index in [1.807, 2.05) is 0 Å². The van der Waals surface area contributed by atoms with Crippen LogP contribution in [0.15, 0.2) is 12.3 Å². The van der Waals surface area contributed by atoms with Crippen LogP contribution >= 0.6 is 0 Å². The summed E-state index contributed by atoms with van der Waals surface area (Å²) in [5, 5.41) is 4.72. The van der Waals surface area contributed by atoms with Crippen LogP contribution in [-0.2, 0) is 6.42 Å². The number of hydrogen-bond acceptors (Lipinski definition) is 3. The summed E-state index contributed by atoms with van der Waals surface area (Å²) in [6.45, 7) is 1.05. The Bertz CT molecular complexity index is 366. The van der Waals surface area contributed by atoms with Crippen molar-refractivity contribution in [2.45, 2.75) is 57.0 Å². The first kappa shape index (κ1) is 14.5. The molecule has 108 valence electrons. The molecule has 1 heterocycles. The Morgan fingerprint density at radius 2 is 2.11 bits per heavy atom. The van der Waals surface area contributed by atoms with E-state index < -0.39 is 0 Å².